The van der Waals surface area contributed by atoms with Crippen molar-refractivity contribution in [1.29, 1.82) is 0 Å². The molecule has 5 atom stereocenters. The molecule has 1 unspecified atom stereocenters. The van der Waals surface area contributed by atoms with Gasteiger partial charge in [-0.05, 0) is 36.4 Å². The molecule has 1 aliphatic heterocycles. The minimum Gasteiger partial charge on any atom is -0.382 e. The summed E-state index contributed by atoms with van der Waals surface area (Å²) in [6.45, 7) is 1.85. The topological polar surface area (TPSA) is 139 Å². The maximum absolute atomic E-state index is 14.8. The van der Waals surface area contributed by atoms with Crippen LogP contribution in [0.4, 0.5) is 4.39 Å². The number of rotatable bonds is 4. The van der Waals surface area contributed by atoms with Crippen molar-refractivity contribution >= 4 is 34.2 Å². The number of H-pyrrole nitrogens is 1. The summed E-state index contributed by atoms with van der Waals surface area (Å²) in [6, 6.07) is 0. The van der Waals surface area contributed by atoms with E-state index in [1.807, 2.05) is 4.98 Å². The summed E-state index contributed by atoms with van der Waals surface area (Å²) in [7, 11) is 0. The Balaban J connectivity index is 2.57. The number of carbonyl (C=O) groups is 2. The lowest BCUT2D eigenvalue weighted by molar-refractivity contribution is -0.160. The number of aliphatic hydroxyl groups excluding tert-OH is 1. The molecule has 0 spiro atoms. The van der Waals surface area contributed by atoms with Gasteiger partial charge in [0.1, 0.15) is 12.2 Å². The fourth-order valence-corrected chi connectivity index (χ4v) is 2.91. The molecule has 11 heteroatoms. The van der Waals surface area contributed by atoms with E-state index in [1.54, 1.807) is 22.6 Å². The zero-order chi connectivity index (χ0) is 18.4. The number of Topliss-reactive ketones (excluding diaryl/α,β-unsaturated/α-hetero) is 2. The Morgan fingerprint density at radius 3 is 2.54 bits per heavy atom. The highest BCUT2D eigenvalue weighted by atomic mass is 127. The average Bonchev–Trinajstić information content (AvgIpc) is 2.76. The third-order valence-corrected chi connectivity index (χ3v) is 4.62. The average molecular weight is 456 g/mol. The number of halogens is 2. The summed E-state index contributed by atoms with van der Waals surface area (Å²) >= 11 is 1.60. The molecular weight excluding hydrogens is 442 g/mol. The molecule has 0 saturated carbocycles. The summed E-state index contributed by atoms with van der Waals surface area (Å²) in [5, 5.41) is 20.3. The second-order valence-electron chi connectivity index (χ2n) is 5.43. The van der Waals surface area contributed by atoms with Crippen molar-refractivity contribution in [3.05, 3.63) is 30.6 Å². The number of hydrogen-bond acceptors (Lipinski definition) is 7. The summed E-state index contributed by atoms with van der Waals surface area (Å²) < 4.78 is 20.6. The largest absolute Gasteiger partial charge is 0.382 e. The van der Waals surface area contributed by atoms with Gasteiger partial charge in [-0.25, -0.2) is 9.18 Å². The molecule has 0 aliphatic carbocycles. The number of aromatic amines is 1. The Morgan fingerprint density at radius 2 is 2.04 bits per heavy atom. The van der Waals surface area contributed by atoms with E-state index in [0.29, 0.717) is 4.57 Å². The Morgan fingerprint density at radius 1 is 1.46 bits per heavy atom. The molecule has 0 bridgehead atoms. The van der Waals surface area contributed by atoms with E-state index in [4.69, 9.17) is 4.74 Å². The lowest BCUT2D eigenvalue weighted by atomic mass is 9.85. The summed E-state index contributed by atoms with van der Waals surface area (Å²) in [5.74, 6) is -1.93. The maximum Gasteiger partial charge on any atom is 0.330 e. The number of alkyl halides is 1. The summed E-state index contributed by atoms with van der Waals surface area (Å²) in [5.41, 5.74) is -4.55. The molecule has 3 N–H and O–H groups in total. The van der Waals surface area contributed by atoms with Gasteiger partial charge in [-0.3, -0.25) is 23.9 Å². The van der Waals surface area contributed by atoms with Crippen LogP contribution in [0.2, 0.25) is 0 Å². The third-order valence-electron chi connectivity index (χ3n) is 3.86. The molecule has 24 heavy (non-hydrogen) atoms. The van der Waals surface area contributed by atoms with Crippen LogP contribution in [-0.2, 0) is 14.3 Å². The normalized spacial score (nSPS) is 31.0. The van der Waals surface area contributed by atoms with Gasteiger partial charge in [-0.1, -0.05) is 0 Å². The molecule has 2 heterocycles. The van der Waals surface area contributed by atoms with Gasteiger partial charge in [0.25, 0.3) is 5.56 Å². The monoisotopic (exact) mass is 456 g/mol. The van der Waals surface area contributed by atoms with Crippen LogP contribution in [0.15, 0.2) is 15.8 Å². The van der Waals surface area contributed by atoms with E-state index in [9.17, 15) is 33.8 Å². The van der Waals surface area contributed by atoms with Gasteiger partial charge < -0.3 is 14.9 Å². The Kier molecular flexibility index (Phi) is 5.09. The summed E-state index contributed by atoms with van der Waals surface area (Å²) in [6.07, 6.45) is -7.14. The SMILES string of the molecule is CC(=O)C(O)[C@H]1O[C@@H](n2cc(I)c(=O)[nH]c2=O)[C@H](F)[C@@]1(O)C(C)=O. The van der Waals surface area contributed by atoms with Crippen molar-refractivity contribution in [1.82, 2.24) is 9.55 Å². The van der Waals surface area contributed by atoms with Crippen LogP contribution in [0.1, 0.15) is 20.1 Å². The highest BCUT2D eigenvalue weighted by Crippen LogP contribution is 2.41. The van der Waals surface area contributed by atoms with Crippen LogP contribution in [0, 0.1) is 3.57 Å². The molecule has 0 aromatic carbocycles. The first-order valence-corrected chi connectivity index (χ1v) is 7.82. The number of nitrogens with zero attached hydrogens (tertiary/aromatic N) is 1. The first-order valence-electron chi connectivity index (χ1n) is 6.74. The van der Waals surface area contributed by atoms with Crippen LogP contribution < -0.4 is 11.2 Å². The molecule has 1 aliphatic rings. The van der Waals surface area contributed by atoms with Gasteiger partial charge in [0, 0.05) is 6.20 Å². The molecular formula is C13H14FIN2O7. The minimum absolute atomic E-state index is 0.0323. The van der Waals surface area contributed by atoms with Crippen molar-refractivity contribution in [2.45, 2.75) is 44.1 Å². The predicted molar refractivity (Wildman–Crippen MR) is 85.2 cm³/mol. The number of hydrogen-bond donors (Lipinski definition) is 3. The van der Waals surface area contributed by atoms with Crippen LogP contribution in [0.5, 0.6) is 0 Å². The first-order chi connectivity index (χ1) is 11.0. The van der Waals surface area contributed by atoms with Gasteiger partial charge in [-0.2, -0.15) is 0 Å². The third kappa shape index (κ3) is 2.85. The standard InChI is InChI=1S/C13H14FIN2O7/c1-4(18)7(20)9-13(23,5(2)19)8(14)11(24-9)17-3-6(15)10(21)16-12(17)22/h3,7-9,11,20,23H,1-2H3,(H,16,21,22)/t7?,8-,9+,11+,13-/m0/s1. The fraction of sp³-hybridized carbons (Fsp3) is 0.538. The van der Waals surface area contributed by atoms with Crippen LogP contribution >= 0.6 is 22.6 Å². The number of ketones is 2. The molecule has 2 rings (SSSR count). The predicted octanol–water partition coefficient (Wildman–Crippen LogP) is -1.35. The van der Waals surface area contributed by atoms with Crippen LogP contribution in [0.25, 0.3) is 0 Å². The smallest absolute Gasteiger partial charge is 0.330 e. The van der Waals surface area contributed by atoms with Crippen molar-refractivity contribution in [2.24, 2.45) is 0 Å². The lowest BCUT2D eigenvalue weighted by Crippen LogP contribution is -2.57. The van der Waals surface area contributed by atoms with E-state index in [-0.39, 0.29) is 3.57 Å². The van der Waals surface area contributed by atoms with Crippen LogP contribution in [0.3, 0.4) is 0 Å². The zero-order valence-electron chi connectivity index (χ0n) is 12.5. The minimum atomic E-state index is -2.82. The Bertz CT molecular complexity index is 806. The number of nitrogens with one attached hydrogen (secondary N) is 1. The number of carbonyl (C=O) groups excluding carboxylic acids is 2. The second kappa shape index (κ2) is 6.46. The Hall–Kier alpha value is -1.44. The quantitative estimate of drug-likeness (QED) is 0.476. The molecule has 1 saturated heterocycles. The van der Waals surface area contributed by atoms with Crippen molar-refractivity contribution < 1.29 is 28.9 Å². The van der Waals surface area contributed by atoms with E-state index in [1.165, 1.54) is 0 Å². The summed E-state index contributed by atoms with van der Waals surface area (Å²) in [4.78, 5) is 48.3. The molecule has 132 valence electrons. The molecule has 1 aromatic heterocycles. The molecule has 1 fully saturated rings. The van der Waals surface area contributed by atoms with Crippen molar-refractivity contribution in [3.63, 3.8) is 0 Å². The fourth-order valence-electron chi connectivity index (χ4n) is 2.48. The maximum atomic E-state index is 14.8. The van der Waals surface area contributed by atoms with Gasteiger partial charge in [0.2, 0.25) is 0 Å². The van der Waals surface area contributed by atoms with E-state index in [2.05, 4.69) is 0 Å². The van der Waals surface area contributed by atoms with Gasteiger partial charge in [-0.15, -0.1) is 0 Å². The zero-order valence-corrected chi connectivity index (χ0v) is 14.7. The van der Waals surface area contributed by atoms with E-state index < -0.39 is 53.0 Å². The number of aliphatic hydroxyl groups is 2. The van der Waals surface area contributed by atoms with Crippen molar-refractivity contribution in [2.75, 3.05) is 0 Å². The number of aromatic nitrogens is 2. The second-order valence-corrected chi connectivity index (χ2v) is 6.59. The van der Waals surface area contributed by atoms with E-state index in [0.717, 1.165) is 20.0 Å². The molecule has 0 amide bonds. The van der Waals surface area contributed by atoms with E-state index >= 15 is 0 Å². The van der Waals surface area contributed by atoms with Crippen LogP contribution in [-0.4, -0.2) is 55.3 Å². The highest BCUT2D eigenvalue weighted by molar-refractivity contribution is 14.1. The van der Waals surface area contributed by atoms with Crippen molar-refractivity contribution in [3.8, 4) is 0 Å². The number of ether oxygens (including phenoxy) is 1. The first kappa shape index (κ1) is 18.9. The van der Waals surface area contributed by atoms with Gasteiger partial charge in [0.05, 0.1) is 3.57 Å². The molecule has 9 nitrogen and oxygen atoms in total. The Labute approximate surface area is 147 Å². The lowest BCUT2D eigenvalue weighted by Gasteiger charge is -2.28. The molecule has 1 aromatic rings. The highest BCUT2D eigenvalue weighted by Gasteiger charge is 2.63. The van der Waals surface area contributed by atoms with Gasteiger partial charge >= 0.3 is 5.69 Å². The molecule has 0 radical (unpaired) electrons. The van der Waals surface area contributed by atoms with Gasteiger partial charge in [0.15, 0.2) is 29.6 Å².